The molecule has 0 fully saturated rings. The van der Waals surface area contributed by atoms with Gasteiger partial charge in [-0.15, -0.1) is 0 Å². The van der Waals surface area contributed by atoms with E-state index >= 15 is 0 Å². The number of nitrogens with zero attached hydrogens (tertiary/aromatic N) is 2. The largest absolute Gasteiger partial charge is 0.236 e. The molecule has 0 aliphatic rings. The van der Waals surface area contributed by atoms with Gasteiger partial charge in [0.1, 0.15) is 11.0 Å². The Bertz CT molecular complexity index is 546. The SMILES string of the molecule is N#Cc1ccc2nc(Cl)cc(F)c2c1. The molecule has 0 aliphatic heterocycles. The van der Waals surface area contributed by atoms with E-state index in [4.69, 9.17) is 16.9 Å². The minimum atomic E-state index is -0.461. The Labute approximate surface area is 84.6 Å². The third kappa shape index (κ3) is 1.40. The van der Waals surface area contributed by atoms with Crippen molar-refractivity contribution in [2.75, 3.05) is 0 Å². The molecule has 1 aromatic heterocycles. The van der Waals surface area contributed by atoms with Crippen LogP contribution in [0.2, 0.25) is 5.15 Å². The zero-order valence-corrected chi connectivity index (χ0v) is 7.72. The topological polar surface area (TPSA) is 36.7 Å². The zero-order valence-electron chi connectivity index (χ0n) is 6.96. The highest BCUT2D eigenvalue weighted by Crippen LogP contribution is 2.20. The van der Waals surface area contributed by atoms with Gasteiger partial charge >= 0.3 is 0 Å². The lowest BCUT2D eigenvalue weighted by Crippen LogP contribution is -1.86. The Balaban J connectivity index is 2.84. The first-order valence-corrected chi connectivity index (χ1v) is 4.24. The van der Waals surface area contributed by atoms with Crippen LogP contribution in [0, 0.1) is 17.1 Å². The van der Waals surface area contributed by atoms with Gasteiger partial charge in [-0.05, 0) is 18.2 Å². The molecule has 0 aliphatic carbocycles. The average Bonchev–Trinajstić information content (AvgIpc) is 2.17. The van der Waals surface area contributed by atoms with Gasteiger partial charge in [0, 0.05) is 11.5 Å². The second-order valence-corrected chi connectivity index (χ2v) is 3.16. The van der Waals surface area contributed by atoms with Crippen LogP contribution in [0.4, 0.5) is 4.39 Å². The summed E-state index contributed by atoms with van der Waals surface area (Å²) in [7, 11) is 0. The van der Waals surface area contributed by atoms with Crippen molar-refractivity contribution in [2.24, 2.45) is 0 Å². The van der Waals surface area contributed by atoms with Gasteiger partial charge in [0.2, 0.25) is 0 Å². The molecule has 0 spiro atoms. The lowest BCUT2D eigenvalue weighted by molar-refractivity contribution is 0.638. The van der Waals surface area contributed by atoms with Crippen molar-refractivity contribution in [3.05, 3.63) is 40.8 Å². The maximum atomic E-state index is 13.3. The molecule has 0 atom stereocenters. The van der Waals surface area contributed by atoms with Crippen LogP contribution in [0.25, 0.3) is 10.9 Å². The number of aromatic nitrogens is 1. The molecule has 2 rings (SSSR count). The highest BCUT2D eigenvalue weighted by Gasteiger charge is 2.04. The molecule has 0 saturated heterocycles. The van der Waals surface area contributed by atoms with E-state index in [0.717, 1.165) is 6.07 Å². The summed E-state index contributed by atoms with van der Waals surface area (Å²) < 4.78 is 13.3. The number of pyridine rings is 1. The lowest BCUT2D eigenvalue weighted by atomic mass is 10.1. The van der Waals surface area contributed by atoms with Crippen molar-refractivity contribution in [2.45, 2.75) is 0 Å². The number of nitriles is 1. The maximum Gasteiger partial charge on any atom is 0.135 e. The summed E-state index contributed by atoms with van der Waals surface area (Å²) in [4.78, 5) is 3.93. The summed E-state index contributed by atoms with van der Waals surface area (Å²) >= 11 is 5.58. The van der Waals surface area contributed by atoms with Crippen molar-refractivity contribution < 1.29 is 4.39 Å². The molecule has 2 aromatic rings. The smallest absolute Gasteiger partial charge is 0.135 e. The third-order valence-electron chi connectivity index (χ3n) is 1.86. The monoisotopic (exact) mass is 206 g/mol. The summed E-state index contributed by atoms with van der Waals surface area (Å²) in [5, 5.41) is 9.05. The van der Waals surface area contributed by atoms with Gasteiger partial charge in [0.15, 0.2) is 0 Å². The maximum absolute atomic E-state index is 13.3. The lowest BCUT2D eigenvalue weighted by Gasteiger charge is -1.99. The van der Waals surface area contributed by atoms with E-state index in [1.54, 1.807) is 12.1 Å². The highest BCUT2D eigenvalue weighted by atomic mass is 35.5. The number of halogens is 2. The van der Waals surface area contributed by atoms with Crippen LogP contribution in [0.15, 0.2) is 24.3 Å². The molecule has 68 valence electrons. The molecule has 0 saturated carbocycles. The Morgan fingerprint density at radius 2 is 2.14 bits per heavy atom. The van der Waals surface area contributed by atoms with Gasteiger partial charge < -0.3 is 0 Å². The predicted molar refractivity (Wildman–Crippen MR) is 51.4 cm³/mol. The minimum absolute atomic E-state index is 0.111. The first kappa shape index (κ1) is 8.92. The van der Waals surface area contributed by atoms with Crippen molar-refractivity contribution in [3.8, 4) is 6.07 Å². The predicted octanol–water partition coefficient (Wildman–Crippen LogP) is 2.90. The number of hydrogen-bond donors (Lipinski definition) is 0. The Morgan fingerprint density at radius 3 is 2.86 bits per heavy atom. The van der Waals surface area contributed by atoms with Gasteiger partial charge in [-0.3, -0.25) is 0 Å². The van der Waals surface area contributed by atoms with E-state index in [-0.39, 0.29) is 5.15 Å². The molecule has 1 heterocycles. The van der Waals surface area contributed by atoms with E-state index < -0.39 is 5.82 Å². The summed E-state index contributed by atoms with van der Waals surface area (Å²) in [6.07, 6.45) is 0. The van der Waals surface area contributed by atoms with Crippen LogP contribution >= 0.6 is 11.6 Å². The number of benzene rings is 1. The third-order valence-corrected chi connectivity index (χ3v) is 2.05. The second kappa shape index (κ2) is 3.24. The molecule has 1 aromatic carbocycles. The summed E-state index contributed by atoms with van der Waals surface area (Å²) in [6, 6.07) is 7.66. The fourth-order valence-corrected chi connectivity index (χ4v) is 1.41. The van der Waals surface area contributed by atoms with Crippen LogP contribution in [-0.2, 0) is 0 Å². The minimum Gasteiger partial charge on any atom is -0.236 e. The summed E-state index contributed by atoms with van der Waals surface area (Å²) in [5.74, 6) is -0.461. The van der Waals surface area contributed by atoms with E-state index in [1.807, 2.05) is 6.07 Å². The quantitative estimate of drug-likeness (QED) is 0.622. The van der Waals surface area contributed by atoms with Crippen LogP contribution in [0.1, 0.15) is 5.56 Å². The molecule has 0 radical (unpaired) electrons. The average molecular weight is 207 g/mol. The van der Waals surface area contributed by atoms with Crippen molar-refractivity contribution in [1.29, 1.82) is 5.26 Å². The summed E-state index contributed by atoms with van der Waals surface area (Å²) in [5.41, 5.74) is 0.856. The Hall–Kier alpha value is -1.66. The van der Waals surface area contributed by atoms with Crippen LogP contribution in [0.5, 0.6) is 0 Å². The molecule has 0 unspecified atom stereocenters. The van der Waals surface area contributed by atoms with Crippen molar-refractivity contribution in [3.63, 3.8) is 0 Å². The molecule has 0 bridgehead atoms. The van der Waals surface area contributed by atoms with E-state index in [0.29, 0.717) is 16.5 Å². The molecule has 4 heteroatoms. The van der Waals surface area contributed by atoms with E-state index in [1.165, 1.54) is 6.07 Å². The number of hydrogen-bond acceptors (Lipinski definition) is 2. The van der Waals surface area contributed by atoms with E-state index in [2.05, 4.69) is 4.98 Å². The van der Waals surface area contributed by atoms with Gasteiger partial charge in [-0.25, -0.2) is 9.37 Å². The van der Waals surface area contributed by atoms with Gasteiger partial charge in [-0.1, -0.05) is 11.6 Å². The first-order valence-electron chi connectivity index (χ1n) is 3.86. The Morgan fingerprint density at radius 1 is 1.36 bits per heavy atom. The zero-order chi connectivity index (χ0) is 10.1. The van der Waals surface area contributed by atoms with Gasteiger partial charge in [0.25, 0.3) is 0 Å². The standard InChI is InChI=1S/C10H4ClFN2/c11-10-4-8(12)7-3-6(5-13)1-2-9(7)14-10/h1-4H. The fourth-order valence-electron chi connectivity index (χ4n) is 1.22. The molecule has 0 N–H and O–H groups in total. The van der Waals surface area contributed by atoms with Gasteiger partial charge in [0.05, 0.1) is 17.1 Å². The molecular weight excluding hydrogens is 203 g/mol. The van der Waals surface area contributed by atoms with Crippen molar-refractivity contribution in [1.82, 2.24) is 4.98 Å². The van der Waals surface area contributed by atoms with Crippen LogP contribution < -0.4 is 0 Å². The molecular formula is C10H4ClFN2. The molecule has 14 heavy (non-hydrogen) atoms. The molecule has 2 nitrogen and oxygen atoms in total. The van der Waals surface area contributed by atoms with E-state index in [9.17, 15) is 4.39 Å². The second-order valence-electron chi connectivity index (χ2n) is 2.77. The first-order chi connectivity index (χ1) is 6.70. The highest BCUT2D eigenvalue weighted by molar-refractivity contribution is 6.29. The number of rotatable bonds is 0. The number of fused-ring (bicyclic) bond motifs is 1. The van der Waals surface area contributed by atoms with Crippen LogP contribution in [0.3, 0.4) is 0 Å². The molecule has 0 amide bonds. The Kier molecular flexibility index (Phi) is 2.06. The summed E-state index contributed by atoms with van der Waals surface area (Å²) in [6.45, 7) is 0. The normalized spacial score (nSPS) is 10.1. The fraction of sp³-hybridized carbons (Fsp3) is 0. The van der Waals surface area contributed by atoms with Crippen molar-refractivity contribution >= 4 is 22.5 Å². The van der Waals surface area contributed by atoms with Gasteiger partial charge in [-0.2, -0.15) is 5.26 Å². The van der Waals surface area contributed by atoms with Crippen LogP contribution in [-0.4, -0.2) is 4.98 Å².